The second kappa shape index (κ2) is 3.87. The summed E-state index contributed by atoms with van der Waals surface area (Å²) in [7, 11) is 0. The highest BCUT2D eigenvalue weighted by Crippen LogP contribution is 2.24. The molecule has 0 radical (unpaired) electrons. The first kappa shape index (κ1) is 10.2. The third kappa shape index (κ3) is 2.55. The highest BCUT2D eigenvalue weighted by molar-refractivity contribution is 5.77. The number of carbonyl (C=O) groups is 1. The van der Waals surface area contributed by atoms with Gasteiger partial charge in [-0.05, 0) is 6.92 Å². The van der Waals surface area contributed by atoms with Crippen molar-refractivity contribution in [1.82, 2.24) is 0 Å². The van der Waals surface area contributed by atoms with E-state index in [4.69, 9.17) is 15.3 Å². The van der Waals surface area contributed by atoms with Crippen LogP contribution in [0.2, 0.25) is 0 Å². The first-order valence-electron chi connectivity index (χ1n) is 4.01. The number of rotatable bonds is 3. The molecular formula is C9H11NO4. The van der Waals surface area contributed by atoms with Gasteiger partial charge >= 0.3 is 5.97 Å². The van der Waals surface area contributed by atoms with Crippen LogP contribution < -0.4 is 5.32 Å². The fourth-order valence-electron chi connectivity index (χ4n) is 0.990. The van der Waals surface area contributed by atoms with Crippen LogP contribution in [0.25, 0.3) is 0 Å². The van der Waals surface area contributed by atoms with Gasteiger partial charge in [0.25, 0.3) is 0 Å². The molecule has 0 heterocycles. The topological polar surface area (TPSA) is 89.8 Å². The Balaban J connectivity index is 2.81. The van der Waals surface area contributed by atoms with E-state index in [2.05, 4.69) is 5.32 Å². The molecule has 76 valence electrons. The molecule has 0 saturated carbocycles. The monoisotopic (exact) mass is 197 g/mol. The van der Waals surface area contributed by atoms with Gasteiger partial charge in [0.15, 0.2) is 0 Å². The predicted molar refractivity (Wildman–Crippen MR) is 50.5 cm³/mol. The van der Waals surface area contributed by atoms with E-state index in [1.165, 1.54) is 19.1 Å². The van der Waals surface area contributed by atoms with Crippen LogP contribution in [0.3, 0.4) is 0 Å². The Morgan fingerprint density at radius 1 is 1.29 bits per heavy atom. The smallest absolute Gasteiger partial charge is 0.325 e. The Labute approximate surface area is 80.6 Å². The molecule has 0 aromatic heterocycles. The summed E-state index contributed by atoms with van der Waals surface area (Å²) in [6.45, 7) is 1.46. The highest BCUT2D eigenvalue weighted by Gasteiger charge is 2.10. The van der Waals surface area contributed by atoms with Crippen LogP contribution in [-0.2, 0) is 4.79 Å². The molecule has 1 rings (SSSR count). The molecule has 5 heteroatoms. The summed E-state index contributed by atoms with van der Waals surface area (Å²) in [5.74, 6) is -1.25. The van der Waals surface area contributed by atoms with E-state index >= 15 is 0 Å². The Morgan fingerprint density at radius 3 is 2.21 bits per heavy atom. The van der Waals surface area contributed by atoms with Gasteiger partial charge in [0, 0.05) is 23.9 Å². The van der Waals surface area contributed by atoms with E-state index in [0.717, 1.165) is 6.07 Å². The summed E-state index contributed by atoms with van der Waals surface area (Å²) in [4.78, 5) is 10.5. The molecule has 0 amide bonds. The van der Waals surface area contributed by atoms with Gasteiger partial charge in [-0.2, -0.15) is 0 Å². The number of aliphatic carboxylic acids is 1. The number of phenolic OH excluding ortho intramolecular Hbond substituents is 2. The van der Waals surface area contributed by atoms with Gasteiger partial charge in [-0.1, -0.05) is 0 Å². The van der Waals surface area contributed by atoms with Crippen LogP contribution in [-0.4, -0.2) is 27.3 Å². The van der Waals surface area contributed by atoms with Crippen molar-refractivity contribution in [2.75, 3.05) is 5.32 Å². The second-order valence-electron chi connectivity index (χ2n) is 2.94. The van der Waals surface area contributed by atoms with Crippen molar-refractivity contribution in [3.05, 3.63) is 18.2 Å². The first-order valence-corrected chi connectivity index (χ1v) is 4.01. The minimum atomic E-state index is -1.01. The number of carboxylic acids is 1. The number of aromatic hydroxyl groups is 2. The summed E-state index contributed by atoms with van der Waals surface area (Å²) in [5, 5.41) is 29.4. The summed E-state index contributed by atoms with van der Waals surface area (Å²) in [6.07, 6.45) is 0. The normalized spacial score (nSPS) is 12.1. The minimum absolute atomic E-state index is 0.120. The van der Waals surface area contributed by atoms with Gasteiger partial charge in [-0.15, -0.1) is 0 Å². The zero-order valence-corrected chi connectivity index (χ0v) is 7.56. The molecule has 0 unspecified atom stereocenters. The van der Waals surface area contributed by atoms with Crippen LogP contribution >= 0.6 is 0 Å². The van der Waals surface area contributed by atoms with Crippen molar-refractivity contribution >= 4 is 11.7 Å². The van der Waals surface area contributed by atoms with Crippen LogP contribution in [0.1, 0.15) is 6.92 Å². The number of hydrogen-bond donors (Lipinski definition) is 4. The molecule has 0 spiro atoms. The van der Waals surface area contributed by atoms with E-state index < -0.39 is 12.0 Å². The molecule has 5 nitrogen and oxygen atoms in total. The van der Waals surface area contributed by atoms with E-state index in [1.807, 2.05) is 0 Å². The average Bonchev–Trinajstić information content (AvgIpc) is 2.01. The molecule has 4 N–H and O–H groups in total. The van der Waals surface area contributed by atoms with Crippen molar-refractivity contribution in [2.24, 2.45) is 0 Å². The van der Waals surface area contributed by atoms with Gasteiger partial charge in [-0.3, -0.25) is 4.79 Å². The number of phenols is 2. The second-order valence-corrected chi connectivity index (χ2v) is 2.94. The molecule has 0 aliphatic carbocycles. The SMILES string of the molecule is C[C@H](Nc1cc(O)cc(O)c1)C(=O)O. The Morgan fingerprint density at radius 2 is 1.79 bits per heavy atom. The van der Waals surface area contributed by atoms with Gasteiger partial charge in [0.05, 0.1) is 0 Å². The Bertz CT molecular complexity index is 330. The van der Waals surface area contributed by atoms with E-state index in [9.17, 15) is 4.79 Å². The van der Waals surface area contributed by atoms with Crippen LogP contribution in [0.15, 0.2) is 18.2 Å². The molecule has 0 aliphatic heterocycles. The molecule has 0 aliphatic rings. The van der Waals surface area contributed by atoms with Gasteiger partial charge in [-0.25, -0.2) is 0 Å². The van der Waals surface area contributed by atoms with Crippen molar-refractivity contribution in [3.63, 3.8) is 0 Å². The molecule has 1 atom stereocenters. The highest BCUT2D eigenvalue weighted by atomic mass is 16.4. The average molecular weight is 197 g/mol. The fourth-order valence-corrected chi connectivity index (χ4v) is 0.990. The minimum Gasteiger partial charge on any atom is -0.508 e. The third-order valence-electron chi connectivity index (χ3n) is 1.66. The molecule has 14 heavy (non-hydrogen) atoms. The number of anilines is 1. The standard InChI is InChI=1S/C9H11NO4/c1-5(9(13)14)10-6-2-7(11)4-8(12)3-6/h2-5,10-12H,1H3,(H,13,14)/t5-/m0/s1. The number of carboxylic acid groups (broad SMARTS) is 1. The summed E-state index contributed by atoms with van der Waals surface area (Å²) >= 11 is 0. The van der Waals surface area contributed by atoms with Gasteiger partial charge < -0.3 is 20.6 Å². The lowest BCUT2D eigenvalue weighted by Crippen LogP contribution is -2.25. The molecule has 1 aromatic carbocycles. The van der Waals surface area contributed by atoms with Crippen molar-refractivity contribution in [2.45, 2.75) is 13.0 Å². The van der Waals surface area contributed by atoms with Crippen LogP contribution in [0, 0.1) is 0 Å². The number of nitrogens with one attached hydrogen (secondary N) is 1. The first-order chi connectivity index (χ1) is 6.49. The Hall–Kier alpha value is -1.91. The van der Waals surface area contributed by atoms with Crippen LogP contribution in [0.5, 0.6) is 11.5 Å². The van der Waals surface area contributed by atoms with E-state index in [0.29, 0.717) is 5.69 Å². The fraction of sp³-hybridized carbons (Fsp3) is 0.222. The Kier molecular flexibility index (Phi) is 2.81. The largest absolute Gasteiger partial charge is 0.508 e. The zero-order chi connectivity index (χ0) is 10.7. The lowest BCUT2D eigenvalue weighted by atomic mass is 10.2. The maximum absolute atomic E-state index is 10.5. The lowest BCUT2D eigenvalue weighted by Gasteiger charge is -2.11. The molecule has 0 bridgehead atoms. The van der Waals surface area contributed by atoms with E-state index in [-0.39, 0.29) is 11.5 Å². The quantitative estimate of drug-likeness (QED) is 0.580. The van der Waals surface area contributed by atoms with Gasteiger partial charge in [0.2, 0.25) is 0 Å². The summed E-state index contributed by atoms with van der Waals surface area (Å²) in [6, 6.07) is 3.05. The van der Waals surface area contributed by atoms with Crippen molar-refractivity contribution in [3.8, 4) is 11.5 Å². The molecule has 0 fully saturated rings. The van der Waals surface area contributed by atoms with Crippen molar-refractivity contribution in [1.29, 1.82) is 0 Å². The predicted octanol–water partition coefficient (Wildman–Crippen LogP) is 0.983. The van der Waals surface area contributed by atoms with Crippen LogP contribution in [0.4, 0.5) is 5.69 Å². The maximum Gasteiger partial charge on any atom is 0.325 e. The van der Waals surface area contributed by atoms with E-state index in [1.54, 1.807) is 0 Å². The zero-order valence-electron chi connectivity index (χ0n) is 7.56. The maximum atomic E-state index is 10.5. The number of benzene rings is 1. The van der Waals surface area contributed by atoms with Crippen molar-refractivity contribution < 1.29 is 20.1 Å². The summed E-state index contributed by atoms with van der Waals surface area (Å²) in [5.41, 5.74) is 0.359. The third-order valence-corrected chi connectivity index (χ3v) is 1.66. The lowest BCUT2D eigenvalue weighted by molar-refractivity contribution is -0.137. The van der Waals surface area contributed by atoms with Gasteiger partial charge in [0.1, 0.15) is 17.5 Å². The molecule has 1 aromatic rings. The number of hydrogen-bond acceptors (Lipinski definition) is 4. The molecular weight excluding hydrogens is 186 g/mol. The molecule has 0 saturated heterocycles. The summed E-state index contributed by atoms with van der Waals surface area (Å²) < 4.78 is 0.